The molecule has 11 heteroatoms. The average Bonchev–Trinajstić information content (AvgIpc) is 3.09. The fraction of sp³-hybridized carbons (Fsp3) is 0.300. The fourth-order valence-corrected chi connectivity index (χ4v) is 3.83. The molecular weight excluding hydrogens is 438 g/mol. The minimum absolute atomic E-state index is 0.0380. The van der Waals surface area contributed by atoms with Crippen molar-refractivity contribution in [3.63, 3.8) is 0 Å². The van der Waals surface area contributed by atoms with Crippen molar-refractivity contribution in [2.45, 2.75) is 36.4 Å². The molecule has 0 amide bonds. The van der Waals surface area contributed by atoms with Crippen LogP contribution in [0.1, 0.15) is 31.2 Å². The molecule has 0 saturated heterocycles. The van der Waals surface area contributed by atoms with Gasteiger partial charge < -0.3 is 15.3 Å². The predicted molar refractivity (Wildman–Crippen MR) is 119 cm³/mol. The molecule has 1 aromatic heterocycles. The second-order valence-corrected chi connectivity index (χ2v) is 9.62. The summed E-state index contributed by atoms with van der Waals surface area (Å²) in [5.74, 6) is 8.89. The molecule has 0 bridgehead atoms. The second-order valence-electron chi connectivity index (χ2n) is 6.99. The van der Waals surface area contributed by atoms with Gasteiger partial charge in [0.25, 0.3) is 0 Å². The standard InChI is InChI=1S/C20H25N5O4S2/c1-14(2)15-3-5-17(6-4-15)29-13-19-23-24-20(25(19)21)30-12-11-28-16-7-9-18(10-8-16)31(22,26)27/h3-10,14H,11-13,21H2,1-2H3,(H2,22,26,27). The highest BCUT2D eigenvalue weighted by molar-refractivity contribution is 7.99. The zero-order valence-corrected chi connectivity index (χ0v) is 18.9. The van der Waals surface area contributed by atoms with Gasteiger partial charge in [0, 0.05) is 5.75 Å². The Morgan fingerprint density at radius 1 is 1.00 bits per heavy atom. The Labute approximate surface area is 185 Å². The van der Waals surface area contributed by atoms with Gasteiger partial charge in [0.2, 0.25) is 15.2 Å². The lowest BCUT2D eigenvalue weighted by Crippen LogP contribution is -2.16. The number of sulfonamides is 1. The van der Waals surface area contributed by atoms with Crippen molar-refractivity contribution in [3.05, 3.63) is 59.9 Å². The van der Waals surface area contributed by atoms with E-state index in [1.807, 2.05) is 24.3 Å². The Morgan fingerprint density at radius 2 is 1.61 bits per heavy atom. The second kappa shape index (κ2) is 10.0. The molecule has 0 aliphatic heterocycles. The van der Waals surface area contributed by atoms with Crippen LogP contribution in [-0.4, -0.2) is 35.7 Å². The maximum atomic E-state index is 11.3. The van der Waals surface area contributed by atoms with E-state index in [2.05, 4.69) is 24.0 Å². The normalized spacial score (nSPS) is 11.6. The van der Waals surface area contributed by atoms with Crippen LogP contribution in [0, 0.1) is 0 Å². The highest BCUT2D eigenvalue weighted by atomic mass is 32.2. The van der Waals surface area contributed by atoms with Gasteiger partial charge in [-0.3, -0.25) is 0 Å². The Hall–Kier alpha value is -2.76. The number of nitrogen functional groups attached to an aromatic ring is 1. The van der Waals surface area contributed by atoms with E-state index in [1.54, 1.807) is 12.1 Å². The number of nitrogens with two attached hydrogens (primary N) is 2. The van der Waals surface area contributed by atoms with Gasteiger partial charge in [0.15, 0.2) is 5.82 Å². The summed E-state index contributed by atoms with van der Waals surface area (Å²) in [7, 11) is -3.71. The lowest BCUT2D eigenvalue weighted by molar-refractivity contribution is 0.291. The van der Waals surface area contributed by atoms with E-state index in [9.17, 15) is 8.42 Å². The monoisotopic (exact) mass is 463 g/mol. The Balaban J connectivity index is 1.45. The van der Waals surface area contributed by atoms with Crippen LogP contribution in [-0.2, 0) is 16.6 Å². The maximum absolute atomic E-state index is 11.3. The van der Waals surface area contributed by atoms with E-state index < -0.39 is 10.0 Å². The van der Waals surface area contributed by atoms with Gasteiger partial charge in [-0.1, -0.05) is 37.7 Å². The fourth-order valence-electron chi connectivity index (χ4n) is 2.62. The van der Waals surface area contributed by atoms with Crippen molar-refractivity contribution in [2.24, 2.45) is 5.14 Å². The molecule has 0 atom stereocenters. The molecule has 0 spiro atoms. The molecule has 0 saturated carbocycles. The van der Waals surface area contributed by atoms with Crippen molar-refractivity contribution in [1.82, 2.24) is 14.9 Å². The number of primary sulfonamides is 1. The third kappa shape index (κ3) is 6.36. The molecule has 0 radical (unpaired) electrons. The highest BCUT2D eigenvalue weighted by Crippen LogP contribution is 2.20. The smallest absolute Gasteiger partial charge is 0.238 e. The number of aromatic nitrogens is 3. The van der Waals surface area contributed by atoms with Crippen molar-refractivity contribution in [1.29, 1.82) is 0 Å². The van der Waals surface area contributed by atoms with Gasteiger partial charge in [-0.25, -0.2) is 18.2 Å². The van der Waals surface area contributed by atoms with E-state index in [-0.39, 0.29) is 11.5 Å². The molecule has 3 aromatic rings. The molecular formula is C20H25N5O4S2. The molecule has 166 valence electrons. The Kier molecular flexibility index (Phi) is 7.42. The van der Waals surface area contributed by atoms with Crippen LogP contribution in [0.3, 0.4) is 0 Å². The van der Waals surface area contributed by atoms with Crippen LogP contribution in [0.4, 0.5) is 0 Å². The third-order valence-electron chi connectivity index (χ3n) is 4.39. The molecule has 3 rings (SSSR count). The van der Waals surface area contributed by atoms with E-state index in [4.69, 9.17) is 20.5 Å². The average molecular weight is 464 g/mol. The van der Waals surface area contributed by atoms with Gasteiger partial charge >= 0.3 is 0 Å². The number of hydrogen-bond acceptors (Lipinski definition) is 8. The van der Waals surface area contributed by atoms with Crippen molar-refractivity contribution >= 4 is 21.8 Å². The van der Waals surface area contributed by atoms with Crippen LogP contribution >= 0.6 is 11.8 Å². The summed E-state index contributed by atoms with van der Waals surface area (Å²) in [6.07, 6.45) is 0. The third-order valence-corrected chi connectivity index (χ3v) is 6.22. The minimum Gasteiger partial charge on any atom is -0.493 e. The van der Waals surface area contributed by atoms with Gasteiger partial charge in [0.1, 0.15) is 18.1 Å². The quantitative estimate of drug-likeness (QED) is 0.266. The maximum Gasteiger partial charge on any atom is 0.238 e. The molecule has 0 aliphatic rings. The first-order valence-corrected chi connectivity index (χ1v) is 12.1. The number of benzene rings is 2. The summed E-state index contributed by atoms with van der Waals surface area (Å²) in [4.78, 5) is 0.0380. The van der Waals surface area contributed by atoms with Crippen LogP contribution in [0.5, 0.6) is 11.5 Å². The van der Waals surface area contributed by atoms with Gasteiger partial charge in [-0.05, 0) is 47.9 Å². The predicted octanol–water partition coefficient (Wildman–Crippen LogP) is 2.51. The van der Waals surface area contributed by atoms with E-state index in [0.717, 1.165) is 5.75 Å². The number of thioether (sulfide) groups is 1. The van der Waals surface area contributed by atoms with Crippen molar-refractivity contribution < 1.29 is 17.9 Å². The summed E-state index contributed by atoms with van der Waals surface area (Å²) in [6, 6.07) is 13.8. The minimum atomic E-state index is -3.71. The summed E-state index contributed by atoms with van der Waals surface area (Å²) in [5.41, 5.74) is 1.25. The van der Waals surface area contributed by atoms with E-state index >= 15 is 0 Å². The molecule has 4 N–H and O–H groups in total. The zero-order chi connectivity index (χ0) is 22.4. The lowest BCUT2D eigenvalue weighted by atomic mass is 10.0. The van der Waals surface area contributed by atoms with Crippen LogP contribution in [0.2, 0.25) is 0 Å². The highest BCUT2D eigenvalue weighted by Gasteiger charge is 2.11. The molecule has 0 fully saturated rings. The van der Waals surface area contributed by atoms with Gasteiger partial charge in [-0.15, -0.1) is 10.2 Å². The van der Waals surface area contributed by atoms with E-state index in [1.165, 1.54) is 34.1 Å². The number of ether oxygens (including phenoxy) is 2. The summed E-state index contributed by atoms with van der Waals surface area (Å²) in [6.45, 7) is 4.86. The largest absolute Gasteiger partial charge is 0.493 e. The number of hydrogen-bond donors (Lipinski definition) is 2. The SMILES string of the molecule is CC(C)c1ccc(OCc2nnc(SCCOc3ccc(S(N)(=O)=O)cc3)n2N)cc1. The Bertz CT molecular complexity index is 1100. The van der Waals surface area contributed by atoms with Gasteiger partial charge in [0.05, 0.1) is 11.5 Å². The first-order valence-electron chi connectivity index (χ1n) is 9.54. The van der Waals surface area contributed by atoms with Crippen molar-refractivity contribution in [3.8, 4) is 11.5 Å². The Morgan fingerprint density at radius 3 is 2.23 bits per heavy atom. The van der Waals surface area contributed by atoms with Crippen LogP contribution in [0.15, 0.2) is 58.6 Å². The number of rotatable bonds is 10. The zero-order valence-electron chi connectivity index (χ0n) is 17.3. The summed E-state index contributed by atoms with van der Waals surface area (Å²) < 4.78 is 35.3. The lowest BCUT2D eigenvalue weighted by Gasteiger charge is -2.09. The number of nitrogens with zero attached hydrogens (tertiary/aromatic N) is 3. The molecule has 0 aliphatic carbocycles. The summed E-state index contributed by atoms with van der Waals surface area (Å²) >= 11 is 1.39. The molecule has 1 heterocycles. The topological polar surface area (TPSA) is 135 Å². The molecule has 9 nitrogen and oxygen atoms in total. The molecule has 31 heavy (non-hydrogen) atoms. The van der Waals surface area contributed by atoms with E-state index in [0.29, 0.717) is 35.0 Å². The van der Waals surface area contributed by atoms with Crippen LogP contribution in [0.25, 0.3) is 0 Å². The first-order chi connectivity index (χ1) is 14.7. The molecule has 0 unspecified atom stereocenters. The molecule has 2 aromatic carbocycles. The first kappa shape index (κ1) is 22.9. The summed E-state index contributed by atoms with van der Waals surface area (Å²) in [5, 5.41) is 13.8. The van der Waals surface area contributed by atoms with Crippen LogP contribution < -0.4 is 20.5 Å². The van der Waals surface area contributed by atoms with Crippen molar-refractivity contribution in [2.75, 3.05) is 18.2 Å². The van der Waals surface area contributed by atoms with Gasteiger partial charge in [-0.2, -0.15) is 0 Å².